The fourth-order valence-corrected chi connectivity index (χ4v) is 4.34. The number of hydrogen-bond donors (Lipinski definition) is 4. The van der Waals surface area contributed by atoms with Crippen LogP contribution in [0.15, 0.2) is 54.9 Å². The minimum atomic E-state index is -0.592. The number of amides is 3. The molecular formula is C28H34FN7O2. The van der Waals surface area contributed by atoms with Crippen molar-refractivity contribution in [2.75, 3.05) is 43.4 Å². The van der Waals surface area contributed by atoms with Crippen molar-refractivity contribution in [1.29, 1.82) is 0 Å². The van der Waals surface area contributed by atoms with E-state index >= 15 is 0 Å². The van der Waals surface area contributed by atoms with Gasteiger partial charge in [0.1, 0.15) is 11.6 Å². The lowest BCUT2D eigenvalue weighted by Crippen LogP contribution is -2.37. The van der Waals surface area contributed by atoms with Crippen LogP contribution in [0, 0.1) is 5.82 Å². The van der Waals surface area contributed by atoms with Gasteiger partial charge in [-0.3, -0.25) is 9.78 Å². The Labute approximate surface area is 222 Å². The van der Waals surface area contributed by atoms with Gasteiger partial charge in [0, 0.05) is 44.1 Å². The predicted octanol–water partition coefficient (Wildman–Crippen LogP) is 4.25. The molecule has 200 valence electrons. The fourth-order valence-electron chi connectivity index (χ4n) is 4.34. The van der Waals surface area contributed by atoms with Crippen molar-refractivity contribution in [2.45, 2.75) is 32.7 Å². The smallest absolute Gasteiger partial charge is 0.319 e. The van der Waals surface area contributed by atoms with Crippen LogP contribution in [0.4, 0.5) is 20.7 Å². The van der Waals surface area contributed by atoms with E-state index in [-0.39, 0.29) is 18.1 Å². The lowest BCUT2D eigenvalue weighted by atomic mass is 10.1. The zero-order chi connectivity index (χ0) is 26.7. The molecule has 0 spiro atoms. The van der Waals surface area contributed by atoms with Crippen LogP contribution in [0.5, 0.6) is 0 Å². The number of nitrogens with one attached hydrogen (secondary N) is 4. The third-order valence-corrected chi connectivity index (χ3v) is 6.34. The molecule has 1 aliphatic heterocycles. The summed E-state index contributed by atoms with van der Waals surface area (Å²) in [6, 6.07) is 11.0. The van der Waals surface area contributed by atoms with Crippen molar-refractivity contribution in [3.63, 3.8) is 0 Å². The van der Waals surface area contributed by atoms with Crippen LogP contribution in [-0.2, 0) is 6.54 Å². The van der Waals surface area contributed by atoms with Crippen molar-refractivity contribution in [2.24, 2.45) is 0 Å². The van der Waals surface area contributed by atoms with E-state index in [0.29, 0.717) is 35.7 Å². The minimum Gasteiger partial charge on any atom is -0.370 e. The summed E-state index contributed by atoms with van der Waals surface area (Å²) >= 11 is 0. The molecule has 0 saturated carbocycles. The summed E-state index contributed by atoms with van der Waals surface area (Å²) in [6.45, 7) is 6.33. The number of likely N-dealkylation sites (tertiary alicyclic amines) is 1. The molecule has 2 aromatic heterocycles. The highest BCUT2D eigenvalue weighted by atomic mass is 19.1. The lowest BCUT2D eigenvalue weighted by Gasteiger charge is -2.26. The normalized spacial score (nSPS) is 13.5. The van der Waals surface area contributed by atoms with Gasteiger partial charge in [0.2, 0.25) is 0 Å². The molecule has 10 heteroatoms. The molecule has 38 heavy (non-hydrogen) atoms. The quantitative estimate of drug-likeness (QED) is 0.319. The number of benzene rings is 1. The van der Waals surface area contributed by atoms with Gasteiger partial charge in [-0.25, -0.2) is 14.2 Å². The van der Waals surface area contributed by atoms with Crippen LogP contribution in [0.1, 0.15) is 42.1 Å². The van der Waals surface area contributed by atoms with Gasteiger partial charge < -0.3 is 26.2 Å². The summed E-state index contributed by atoms with van der Waals surface area (Å²) in [5.41, 5.74) is 2.37. The monoisotopic (exact) mass is 519 g/mol. The van der Waals surface area contributed by atoms with E-state index in [2.05, 4.69) is 36.1 Å². The molecule has 0 bridgehead atoms. The fraction of sp³-hybridized carbons (Fsp3) is 0.357. The van der Waals surface area contributed by atoms with E-state index in [1.54, 1.807) is 36.7 Å². The average molecular weight is 520 g/mol. The summed E-state index contributed by atoms with van der Waals surface area (Å²) in [6.07, 6.45) is 6.99. The third kappa shape index (κ3) is 7.48. The standard InChI is InChI=1S/C28H34FN7O2/c1-2-31-26-22(27(37)32-13-16-36-14-4-3-5-15-36)9-11-24(34-26)21-8-10-25(23(29)17-21)35-28(38)33-19-20-7-6-12-30-18-20/h6-12,17-18H,2-5,13-16,19H2,1H3,(H,31,34)(H,32,37)(H2,33,35,38). The number of pyridine rings is 2. The number of halogens is 1. The van der Waals surface area contributed by atoms with Crippen LogP contribution in [-0.4, -0.2) is 59.5 Å². The van der Waals surface area contributed by atoms with Gasteiger partial charge in [0.25, 0.3) is 5.91 Å². The van der Waals surface area contributed by atoms with E-state index in [9.17, 15) is 14.0 Å². The molecular weight excluding hydrogens is 485 g/mol. The maximum Gasteiger partial charge on any atom is 0.319 e. The Morgan fingerprint density at radius 3 is 2.63 bits per heavy atom. The molecule has 3 aromatic rings. The molecule has 1 fully saturated rings. The minimum absolute atomic E-state index is 0.0500. The predicted molar refractivity (Wildman–Crippen MR) is 147 cm³/mol. The Hall–Kier alpha value is -4.05. The number of urea groups is 1. The van der Waals surface area contributed by atoms with Gasteiger partial charge in [-0.1, -0.05) is 18.6 Å². The van der Waals surface area contributed by atoms with Crippen molar-refractivity contribution in [3.05, 3.63) is 71.8 Å². The highest BCUT2D eigenvalue weighted by Crippen LogP contribution is 2.26. The summed E-state index contributed by atoms with van der Waals surface area (Å²) < 4.78 is 14.8. The Morgan fingerprint density at radius 1 is 1.05 bits per heavy atom. The van der Waals surface area contributed by atoms with Gasteiger partial charge in [-0.2, -0.15) is 0 Å². The van der Waals surface area contributed by atoms with E-state index in [0.717, 1.165) is 25.2 Å². The molecule has 1 aromatic carbocycles. The van der Waals surface area contributed by atoms with Crippen molar-refractivity contribution in [1.82, 2.24) is 25.5 Å². The van der Waals surface area contributed by atoms with Gasteiger partial charge in [0.05, 0.1) is 16.9 Å². The van der Waals surface area contributed by atoms with E-state index < -0.39 is 11.8 Å². The molecule has 4 rings (SSSR count). The Morgan fingerprint density at radius 2 is 1.89 bits per heavy atom. The first-order valence-electron chi connectivity index (χ1n) is 13.0. The summed E-state index contributed by atoms with van der Waals surface area (Å²) in [5.74, 6) is -0.344. The second-order valence-electron chi connectivity index (χ2n) is 9.14. The number of aromatic nitrogens is 2. The van der Waals surface area contributed by atoms with Crippen molar-refractivity contribution in [3.8, 4) is 11.3 Å². The summed E-state index contributed by atoms with van der Waals surface area (Å²) in [4.78, 5) is 36.0. The Bertz CT molecular complexity index is 1230. The maximum absolute atomic E-state index is 14.8. The second-order valence-corrected chi connectivity index (χ2v) is 9.14. The maximum atomic E-state index is 14.8. The van der Waals surface area contributed by atoms with E-state index in [4.69, 9.17) is 0 Å². The van der Waals surface area contributed by atoms with Gasteiger partial charge in [-0.15, -0.1) is 0 Å². The highest BCUT2D eigenvalue weighted by Gasteiger charge is 2.16. The SMILES string of the molecule is CCNc1nc(-c2ccc(NC(=O)NCc3cccnc3)c(F)c2)ccc1C(=O)NCCN1CCCCC1. The molecule has 4 N–H and O–H groups in total. The Kier molecular flexibility index (Phi) is 9.58. The zero-order valence-electron chi connectivity index (χ0n) is 21.6. The molecule has 3 heterocycles. The van der Waals surface area contributed by atoms with Crippen LogP contribution < -0.4 is 21.3 Å². The van der Waals surface area contributed by atoms with Crippen LogP contribution in [0.25, 0.3) is 11.3 Å². The first-order chi connectivity index (χ1) is 18.5. The molecule has 0 atom stereocenters. The van der Waals surface area contributed by atoms with Crippen molar-refractivity contribution >= 4 is 23.4 Å². The lowest BCUT2D eigenvalue weighted by molar-refractivity contribution is 0.0947. The summed E-state index contributed by atoms with van der Waals surface area (Å²) in [7, 11) is 0. The first kappa shape index (κ1) is 27.0. The Balaban J connectivity index is 1.38. The van der Waals surface area contributed by atoms with Crippen LogP contribution in [0.2, 0.25) is 0 Å². The summed E-state index contributed by atoms with van der Waals surface area (Å²) in [5, 5.41) is 11.3. The number of carbonyl (C=O) groups excluding carboxylic acids is 2. The highest BCUT2D eigenvalue weighted by molar-refractivity contribution is 5.99. The average Bonchev–Trinajstić information content (AvgIpc) is 2.94. The molecule has 0 aliphatic carbocycles. The molecule has 3 amide bonds. The number of hydrogen-bond acceptors (Lipinski definition) is 6. The van der Waals surface area contributed by atoms with E-state index in [1.807, 2.05) is 13.0 Å². The van der Waals surface area contributed by atoms with Crippen molar-refractivity contribution < 1.29 is 14.0 Å². The second kappa shape index (κ2) is 13.5. The van der Waals surface area contributed by atoms with Gasteiger partial charge >= 0.3 is 6.03 Å². The number of nitrogens with zero attached hydrogens (tertiary/aromatic N) is 3. The van der Waals surface area contributed by atoms with Crippen LogP contribution >= 0.6 is 0 Å². The number of anilines is 2. The number of carbonyl (C=O) groups is 2. The molecule has 0 radical (unpaired) electrons. The third-order valence-electron chi connectivity index (χ3n) is 6.34. The number of piperidine rings is 1. The molecule has 9 nitrogen and oxygen atoms in total. The zero-order valence-corrected chi connectivity index (χ0v) is 21.6. The largest absolute Gasteiger partial charge is 0.370 e. The van der Waals surface area contributed by atoms with Gasteiger partial charge in [-0.05, 0) is 68.8 Å². The molecule has 0 unspecified atom stereocenters. The van der Waals surface area contributed by atoms with E-state index in [1.165, 1.54) is 31.4 Å². The first-order valence-corrected chi connectivity index (χ1v) is 13.0. The van der Waals surface area contributed by atoms with Crippen LogP contribution in [0.3, 0.4) is 0 Å². The topological polar surface area (TPSA) is 111 Å². The van der Waals surface area contributed by atoms with Gasteiger partial charge in [0.15, 0.2) is 0 Å². The molecule has 1 aliphatic rings. The molecule has 1 saturated heterocycles. The number of rotatable bonds is 10.